The van der Waals surface area contributed by atoms with Crippen molar-refractivity contribution in [2.75, 3.05) is 19.5 Å². The third-order valence-electron chi connectivity index (χ3n) is 5.14. The summed E-state index contributed by atoms with van der Waals surface area (Å²) < 4.78 is 15.9. The van der Waals surface area contributed by atoms with Crippen LogP contribution in [0.1, 0.15) is 35.0 Å². The van der Waals surface area contributed by atoms with Crippen molar-refractivity contribution >= 4 is 23.5 Å². The zero-order chi connectivity index (χ0) is 20.5. The number of hydrogen-bond acceptors (Lipinski definition) is 6. The maximum absolute atomic E-state index is 13.0. The van der Waals surface area contributed by atoms with E-state index in [-0.39, 0.29) is 18.2 Å². The van der Waals surface area contributed by atoms with Gasteiger partial charge < -0.3 is 19.5 Å². The molecule has 2 heterocycles. The Bertz CT molecular complexity index is 989. The van der Waals surface area contributed by atoms with Gasteiger partial charge in [0.25, 0.3) is 0 Å². The molecule has 8 heteroatoms. The van der Waals surface area contributed by atoms with Crippen molar-refractivity contribution in [3.05, 3.63) is 53.6 Å². The number of benzene rings is 2. The second kappa shape index (κ2) is 7.46. The Morgan fingerprint density at radius 1 is 1.14 bits per heavy atom. The van der Waals surface area contributed by atoms with Crippen LogP contribution >= 0.6 is 0 Å². The fraction of sp³-hybridized carbons (Fsp3) is 0.286. The first-order chi connectivity index (χ1) is 14.0. The van der Waals surface area contributed by atoms with E-state index in [2.05, 4.69) is 5.32 Å². The van der Waals surface area contributed by atoms with Gasteiger partial charge in [-0.2, -0.15) is 0 Å². The molecule has 2 atom stereocenters. The number of methoxy groups -OCH3 is 2. The summed E-state index contributed by atoms with van der Waals surface area (Å²) in [5.41, 5.74) is 1.46. The minimum Gasteiger partial charge on any atom is -0.497 e. The number of carbonyl (C=O) groups is 3. The number of carbonyl (C=O) groups excluding carboxylic acids is 3. The predicted octanol–water partition coefficient (Wildman–Crippen LogP) is 2.50. The molecule has 2 aliphatic heterocycles. The summed E-state index contributed by atoms with van der Waals surface area (Å²) in [5, 5.41) is 2.81. The fourth-order valence-electron chi connectivity index (χ4n) is 3.70. The number of ether oxygens (including phenoxy) is 3. The van der Waals surface area contributed by atoms with Crippen molar-refractivity contribution < 1.29 is 28.6 Å². The lowest BCUT2D eigenvalue weighted by Gasteiger charge is -2.29. The van der Waals surface area contributed by atoms with Crippen LogP contribution in [0.25, 0.3) is 0 Å². The first-order valence-electron chi connectivity index (χ1n) is 9.17. The van der Waals surface area contributed by atoms with E-state index in [0.717, 1.165) is 0 Å². The summed E-state index contributed by atoms with van der Waals surface area (Å²) in [6.07, 6.45) is -0.366. The van der Waals surface area contributed by atoms with Gasteiger partial charge >= 0.3 is 5.97 Å². The van der Waals surface area contributed by atoms with E-state index in [1.807, 2.05) is 0 Å². The van der Waals surface area contributed by atoms with Crippen LogP contribution in [0.5, 0.6) is 11.5 Å². The summed E-state index contributed by atoms with van der Waals surface area (Å²) in [7, 11) is 3.03. The molecule has 0 unspecified atom stereocenters. The minimum absolute atomic E-state index is 0.202. The van der Waals surface area contributed by atoms with Crippen molar-refractivity contribution in [1.82, 2.24) is 4.90 Å². The smallest absolute Gasteiger partial charge is 0.340 e. The molecule has 0 radical (unpaired) electrons. The zero-order valence-electron chi connectivity index (χ0n) is 16.0. The average Bonchev–Trinajstić information content (AvgIpc) is 3.28. The number of cyclic esters (lactones) is 1. The van der Waals surface area contributed by atoms with Crippen LogP contribution in [0.3, 0.4) is 0 Å². The quantitative estimate of drug-likeness (QED) is 0.781. The lowest BCUT2D eigenvalue weighted by Crippen LogP contribution is -2.43. The highest BCUT2D eigenvalue weighted by Gasteiger charge is 2.46. The molecule has 1 N–H and O–H groups in total. The lowest BCUT2D eigenvalue weighted by atomic mass is 10.1. The molecular weight excluding hydrogens is 376 g/mol. The van der Waals surface area contributed by atoms with Crippen LogP contribution in [-0.2, 0) is 14.3 Å². The summed E-state index contributed by atoms with van der Waals surface area (Å²) in [5.74, 6) is -0.0828. The maximum Gasteiger partial charge on any atom is 0.340 e. The Morgan fingerprint density at radius 2 is 1.93 bits per heavy atom. The Morgan fingerprint density at radius 3 is 2.69 bits per heavy atom. The molecular formula is C21H20N2O6. The highest BCUT2D eigenvalue weighted by Crippen LogP contribution is 2.38. The van der Waals surface area contributed by atoms with Crippen LogP contribution in [0.4, 0.5) is 5.69 Å². The topological polar surface area (TPSA) is 94.2 Å². The van der Waals surface area contributed by atoms with Crippen LogP contribution in [0.15, 0.2) is 42.5 Å². The van der Waals surface area contributed by atoms with E-state index < -0.39 is 18.2 Å². The van der Waals surface area contributed by atoms with Crippen molar-refractivity contribution in [3.8, 4) is 11.5 Å². The number of esters is 1. The van der Waals surface area contributed by atoms with Gasteiger partial charge in [0, 0.05) is 18.1 Å². The number of likely N-dealkylation sites (tertiary alicyclic amines) is 1. The Hall–Kier alpha value is -3.55. The molecule has 8 nitrogen and oxygen atoms in total. The molecule has 2 aromatic carbocycles. The third kappa shape index (κ3) is 3.26. The number of anilines is 1. The average molecular weight is 396 g/mol. The van der Waals surface area contributed by atoms with Crippen molar-refractivity contribution in [1.29, 1.82) is 0 Å². The number of fused-ring (bicyclic) bond motifs is 1. The van der Waals surface area contributed by atoms with E-state index in [0.29, 0.717) is 34.7 Å². The van der Waals surface area contributed by atoms with E-state index in [1.165, 1.54) is 19.1 Å². The second-order valence-electron chi connectivity index (χ2n) is 6.76. The molecule has 1 saturated heterocycles. The molecule has 4 rings (SSSR count). The van der Waals surface area contributed by atoms with Gasteiger partial charge in [0.2, 0.25) is 18.0 Å². The van der Waals surface area contributed by atoms with Crippen LogP contribution in [-0.4, -0.2) is 42.9 Å². The Labute approximate surface area is 167 Å². The first-order valence-corrected chi connectivity index (χ1v) is 9.17. The van der Waals surface area contributed by atoms with E-state index in [4.69, 9.17) is 14.2 Å². The van der Waals surface area contributed by atoms with Gasteiger partial charge in [-0.3, -0.25) is 14.5 Å². The van der Waals surface area contributed by atoms with E-state index >= 15 is 0 Å². The number of nitrogens with zero attached hydrogens (tertiary/aromatic N) is 1. The van der Waals surface area contributed by atoms with E-state index in [1.54, 1.807) is 42.5 Å². The van der Waals surface area contributed by atoms with Crippen molar-refractivity contribution in [2.24, 2.45) is 0 Å². The zero-order valence-corrected chi connectivity index (χ0v) is 16.0. The summed E-state index contributed by atoms with van der Waals surface area (Å²) in [4.78, 5) is 39.1. The molecule has 0 spiro atoms. The molecule has 0 bridgehead atoms. The Balaban J connectivity index is 1.59. The molecule has 2 aromatic rings. The molecule has 1 fully saturated rings. The predicted molar refractivity (Wildman–Crippen MR) is 103 cm³/mol. The van der Waals surface area contributed by atoms with Gasteiger partial charge in [-0.15, -0.1) is 0 Å². The van der Waals surface area contributed by atoms with Crippen LogP contribution in [0, 0.1) is 0 Å². The van der Waals surface area contributed by atoms with Gasteiger partial charge in [0.15, 0.2) is 0 Å². The summed E-state index contributed by atoms with van der Waals surface area (Å²) >= 11 is 0. The summed E-state index contributed by atoms with van der Waals surface area (Å²) in [6, 6.07) is 11.1. The number of hydrogen-bond donors (Lipinski definition) is 1. The van der Waals surface area contributed by atoms with Crippen molar-refractivity contribution in [3.63, 3.8) is 0 Å². The number of rotatable bonds is 5. The summed E-state index contributed by atoms with van der Waals surface area (Å²) in [6.45, 7) is 0. The highest BCUT2D eigenvalue weighted by molar-refractivity contribution is 6.01. The molecule has 2 amide bonds. The highest BCUT2D eigenvalue weighted by atomic mass is 16.6. The SMILES string of the molecule is COc1ccc(NC(=O)[C@H]2CCC(=O)N2[C@@H]2OC(=O)c3ccccc32)c(OC)c1. The molecule has 0 saturated carbocycles. The van der Waals surface area contributed by atoms with Gasteiger partial charge in [0.05, 0.1) is 25.5 Å². The minimum atomic E-state index is -0.901. The van der Waals surface area contributed by atoms with Gasteiger partial charge in [0.1, 0.15) is 17.5 Å². The van der Waals surface area contributed by atoms with Crippen molar-refractivity contribution in [2.45, 2.75) is 25.1 Å². The fourth-order valence-corrected chi connectivity index (χ4v) is 3.70. The molecule has 0 aliphatic carbocycles. The Kier molecular flexibility index (Phi) is 4.84. The lowest BCUT2D eigenvalue weighted by molar-refractivity contribution is -0.144. The molecule has 2 aliphatic rings. The monoisotopic (exact) mass is 396 g/mol. The molecule has 150 valence electrons. The molecule has 0 aromatic heterocycles. The number of amides is 2. The van der Waals surface area contributed by atoms with Crippen LogP contribution in [0.2, 0.25) is 0 Å². The van der Waals surface area contributed by atoms with E-state index in [9.17, 15) is 14.4 Å². The molecule has 29 heavy (non-hydrogen) atoms. The van der Waals surface area contributed by atoms with Gasteiger partial charge in [-0.1, -0.05) is 18.2 Å². The van der Waals surface area contributed by atoms with Gasteiger partial charge in [-0.25, -0.2) is 4.79 Å². The van der Waals surface area contributed by atoms with Gasteiger partial charge in [-0.05, 0) is 24.6 Å². The number of nitrogens with one attached hydrogen (secondary N) is 1. The maximum atomic E-state index is 13.0. The van der Waals surface area contributed by atoms with Crippen LogP contribution < -0.4 is 14.8 Å². The normalized spacial score (nSPS) is 20.3. The first kappa shape index (κ1) is 18.8. The second-order valence-corrected chi connectivity index (χ2v) is 6.76. The standard InChI is InChI=1S/C21H20N2O6/c1-27-12-7-8-15(17(11-12)28-2)22-19(25)16-9-10-18(24)23(16)20-13-5-3-4-6-14(13)21(26)29-20/h3-8,11,16,20H,9-10H2,1-2H3,(H,22,25)/t16-,20-/m1/s1. The third-order valence-corrected chi connectivity index (χ3v) is 5.14. The largest absolute Gasteiger partial charge is 0.497 e.